The number of hydrogen-bond donors (Lipinski definition) is 0. The first-order valence-corrected chi connectivity index (χ1v) is 7.26. The lowest BCUT2D eigenvalue weighted by Gasteiger charge is -2.13. The molecule has 0 heterocycles. The van der Waals surface area contributed by atoms with Gasteiger partial charge in [-0.3, -0.25) is 4.79 Å². The Morgan fingerprint density at radius 1 is 0.833 bits per heavy atom. The predicted octanol–water partition coefficient (Wildman–Crippen LogP) is 3.08. The number of ether oxygens (including phenoxy) is 5. The zero-order valence-electron chi connectivity index (χ0n) is 13.9. The Labute approximate surface area is 140 Å². The number of hydrogen-bond acceptors (Lipinski definition) is 6. The highest BCUT2D eigenvalue weighted by Crippen LogP contribution is 2.31. The molecule has 2 rings (SSSR count). The van der Waals surface area contributed by atoms with E-state index in [1.54, 1.807) is 45.6 Å². The van der Waals surface area contributed by atoms with E-state index in [4.69, 9.17) is 23.7 Å². The molecule has 0 aromatic heterocycles. The molecule has 6 heteroatoms. The Kier molecular flexibility index (Phi) is 6.45. The van der Waals surface area contributed by atoms with E-state index in [0.29, 0.717) is 35.2 Å². The lowest BCUT2D eigenvalue weighted by molar-refractivity contribution is 0.0491. The summed E-state index contributed by atoms with van der Waals surface area (Å²) in [6.07, 6.45) is 0.761. The molecule has 0 unspecified atom stereocenters. The van der Waals surface area contributed by atoms with Gasteiger partial charge in [0, 0.05) is 12.7 Å². The van der Waals surface area contributed by atoms with Gasteiger partial charge in [-0.2, -0.15) is 0 Å². The molecule has 6 nitrogen and oxygen atoms in total. The average molecular weight is 332 g/mol. The van der Waals surface area contributed by atoms with Crippen LogP contribution in [0.3, 0.4) is 0 Å². The molecule has 0 saturated heterocycles. The van der Waals surface area contributed by atoms with Crippen LogP contribution in [0.25, 0.3) is 0 Å². The van der Waals surface area contributed by atoms with Crippen molar-refractivity contribution in [3.8, 4) is 23.0 Å². The van der Waals surface area contributed by atoms with Gasteiger partial charge in [0.05, 0.1) is 14.2 Å². The first-order valence-electron chi connectivity index (χ1n) is 7.26. The van der Waals surface area contributed by atoms with Crippen molar-refractivity contribution in [3.05, 3.63) is 47.5 Å². The number of methoxy groups -OCH3 is 3. The number of carbonyl (C=O) groups excluding carboxylic acids is 1. The SMILES string of the molecule is COCOc1ccc(COc2cc(C=O)ccc2OC)cc1OC. The molecule has 0 aliphatic carbocycles. The molecule has 0 saturated carbocycles. The van der Waals surface area contributed by atoms with Crippen LogP contribution >= 0.6 is 0 Å². The maximum absolute atomic E-state index is 10.9. The van der Waals surface area contributed by atoms with Gasteiger partial charge in [-0.1, -0.05) is 6.07 Å². The zero-order chi connectivity index (χ0) is 17.4. The maximum Gasteiger partial charge on any atom is 0.188 e. The molecular weight excluding hydrogens is 312 g/mol. The Morgan fingerprint density at radius 3 is 2.25 bits per heavy atom. The van der Waals surface area contributed by atoms with E-state index < -0.39 is 0 Å². The van der Waals surface area contributed by atoms with Crippen LogP contribution < -0.4 is 18.9 Å². The van der Waals surface area contributed by atoms with Gasteiger partial charge in [-0.25, -0.2) is 0 Å². The smallest absolute Gasteiger partial charge is 0.188 e. The molecule has 0 bridgehead atoms. The van der Waals surface area contributed by atoms with Crippen molar-refractivity contribution in [2.75, 3.05) is 28.1 Å². The summed E-state index contributed by atoms with van der Waals surface area (Å²) in [6.45, 7) is 0.432. The molecule has 0 aliphatic heterocycles. The second-order valence-electron chi connectivity index (χ2n) is 4.85. The monoisotopic (exact) mass is 332 g/mol. The van der Waals surface area contributed by atoms with Crippen molar-refractivity contribution < 1.29 is 28.5 Å². The first kappa shape index (κ1) is 17.6. The quantitative estimate of drug-likeness (QED) is 0.519. The summed E-state index contributed by atoms with van der Waals surface area (Å²) in [5.74, 6) is 2.23. The van der Waals surface area contributed by atoms with E-state index in [-0.39, 0.29) is 6.79 Å². The van der Waals surface area contributed by atoms with E-state index in [1.807, 2.05) is 12.1 Å². The van der Waals surface area contributed by atoms with Crippen molar-refractivity contribution in [1.29, 1.82) is 0 Å². The number of benzene rings is 2. The van der Waals surface area contributed by atoms with Crippen LogP contribution in [-0.2, 0) is 11.3 Å². The standard InChI is InChI=1S/C18H20O6/c1-20-12-24-16-7-5-14(9-17(16)22-3)11-23-18-8-13(10-19)4-6-15(18)21-2/h4-10H,11-12H2,1-3H3. The Hall–Kier alpha value is -2.73. The van der Waals surface area contributed by atoms with Crippen LogP contribution in [0.2, 0.25) is 0 Å². The topological polar surface area (TPSA) is 63.2 Å². The summed E-state index contributed by atoms with van der Waals surface area (Å²) in [4.78, 5) is 10.9. The minimum atomic E-state index is 0.141. The van der Waals surface area contributed by atoms with E-state index in [2.05, 4.69) is 0 Å². The third kappa shape index (κ3) is 4.39. The highest BCUT2D eigenvalue weighted by atomic mass is 16.7. The summed E-state index contributed by atoms with van der Waals surface area (Å²) < 4.78 is 26.6. The molecule has 0 radical (unpaired) electrons. The van der Waals surface area contributed by atoms with Gasteiger partial charge in [0.15, 0.2) is 29.8 Å². The van der Waals surface area contributed by atoms with Gasteiger partial charge in [-0.15, -0.1) is 0 Å². The molecule has 128 valence electrons. The van der Waals surface area contributed by atoms with Crippen LogP contribution in [0.5, 0.6) is 23.0 Å². The van der Waals surface area contributed by atoms with Crippen molar-refractivity contribution >= 4 is 6.29 Å². The van der Waals surface area contributed by atoms with E-state index >= 15 is 0 Å². The summed E-state index contributed by atoms with van der Waals surface area (Å²) in [6, 6.07) is 10.5. The summed E-state index contributed by atoms with van der Waals surface area (Å²) in [5.41, 5.74) is 1.40. The molecule has 0 amide bonds. The highest BCUT2D eigenvalue weighted by Gasteiger charge is 2.09. The van der Waals surface area contributed by atoms with Crippen LogP contribution in [0.4, 0.5) is 0 Å². The molecule has 0 fully saturated rings. The third-order valence-corrected chi connectivity index (χ3v) is 3.28. The number of aldehydes is 1. The predicted molar refractivity (Wildman–Crippen MR) is 88.2 cm³/mol. The fraction of sp³-hybridized carbons (Fsp3) is 0.278. The maximum atomic E-state index is 10.9. The van der Waals surface area contributed by atoms with Crippen molar-refractivity contribution in [2.45, 2.75) is 6.61 Å². The number of carbonyl (C=O) groups is 1. The third-order valence-electron chi connectivity index (χ3n) is 3.28. The Balaban J connectivity index is 2.13. The van der Waals surface area contributed by atoms with Gasteiger partial charge in [0.1, 0.15) is 12.9 Å². The first-order chi connectivity index (χ1) is 11.7. The Morgan fingerprint density at radius 2 is 1.58 bits per heavy atom. The van der Waals surface area contributed by atoms with Gasteiger partial charge < -0.3 is 23.7 Å². The second kappa shape index (κ2) is 8.79. The molecular formula is C18H20O6. The van der Waals surface area contributed by atoms with E-state index in [1.165, 1.54) is 0 Å². The summed E-state index contributed by atoms with van der Waals surface area (Å²) >= 11 is 0. The van der Waals surface area contributed by atoms with Crippen LogP contribution in [0.1, 0.15) is 15.9 Å². The van der Waals surface area contributed by atoms with Crippen molar-refractivity contribution in [3.63, 3.8) is 0 Å². The van der Waals surface area contributed by atoms with Crippen molar-refractivity contribution in [1.82, 2.24) is 0 Å². The number of rotatable bonds is 9. The van der Waals surface area contributed by atoms with Crippen LogP contribution in [0.15, 0.2) is 36.4 Å². The van der Waals surface area contributed by atoms with Gasteiger partial charge in [0.2, 0.25) is 0 Å². The lowest BCUT2D eigenvalue weighted by atomic mass is 10.2. The summed E-state index contributed by atoms with van der Waals surface area (Å²) in [5, 5.41) is 0. The van der Waals surface area contributed by atoms with Gasteiger partial charge in [0.25, 0.3) is 0 Å². The zero-order valence-corrected chi connectivity index (χ0v) is 13.9. The largest absolute Gasteiger partial charge is 0.493 e. The minimum absolute atomic E-state index is 0.141. The van der Waals surface area contributed by atoms with E-state index in [0.717, 1.165) is 11.8 Å². The normalized spacial score (nSPS) is 10.1. The minimum Gasteiger partial charge on any atom is -0.493 e. The molecule has 24 heavy (non-hydrogen) atoms. The van der Waals surface area contributed by atoms with Crippen molar-refractivity contribution in [2.24, 2.45) is 0 Å². The summed E-state index contributed by atoms with van der Waals surface area (Å²) in [7, 11) is 4.67. The van der Waals surface area contributed by atoms with Crippen LogP contribution in [0, 0.1) is 0 Å². The lowest BCUT2D eigenvalue weighted by Crippen LogP contribution is -2.02. The fourth-order valence-corrected chi connectivity index (χ4v) is 2.08. The highest BCUT2D eigenvalue weighted by molar-refractivity contribution is 5.76. The molecule has 0 atom stereocenters. The van der Waals surface area contributed by atoms with Gasteiger partial charge in [-0.05, 0) is 35.9 Å². The molecule has 0 spiro atoms. The second-order valence-corrected chi connectivity index (χ2v) is 4.85. The molecule has 0 N–H and O–H groups in total. The van der Waals surface area contributed by atoms with Crippen LogP contribution in [-0.4, -0.2) is 34.4 Å². The molecule has 2 aromatic carbocycles. The van der Waals surface area contributed by atoms with E-state index in [9.17, 15) is 4.79 Å². The average Bonchev–Trinajstić information content (AvgIpc) is 2.64. The Bertz CT molecular complexity index is 683. The van der Waals surface area contributed by atoms with Gasteiger partial charge >= 0.3 is 0 Å². The fourth-order valence-electron chi connectivity index (χ4n) is 2.08. The molecule has 0 aliphatic rings. The molecule has 2 aromatic rings.